The van der Waals surface area contributed by atoms with Gasteiger partial charge in [-0.2, -0.15) is 5.26 Å². The molecule has 1 fully saturated rings. The minimum absolute atomic E-state index is 0.118. The zero-order chi connectivity index (χ0) is 18.5. The second-order valence-electron chi connectivity index (χ2n) is 6.21. The smallest absolute Gasteiger partial charge is 0.234 e. The van der Waals surface area contributed by atoms with E-state index in [1.54, 1.807) is 19.3 Å². The number of nitrogens with one attached hydrogen (secondary N) is 1. The summed E-state index contributed by atoms with van der Waals surface area (Å²) >= 11 is 0. The predicted molar refractivity (Wildman–Crippen MR) is 97.5 cm³/mol. The lowest BCUT2D eigenvalue weighted by Gasteiger charge is -2.35. The fraction of sp³-hybridized carbons (Fsp3) is 0.389. The molecule has 0 aromatic carbocycles. The summed E-state index contributed by atoms with van der Waals surface area (Å²) in [5.41, 5.74) is 1.96. The third-order valence-corrected chi connectivity index (χ3v) is 4.39. The van der Waals surface area contributed by atoms with Crippen LogP contribution in [0.5, 0.6) is 0 Å². The van der Waals surface area contributed by atoms with Gasteiger partial charge in [0.15, 0.2) is 0 Å². The van der Waals surface area contributed by atoms with Crippen molar-refractivity contribution in [2.24, 2.45) is 0 Å². The van der Waals surface area contributed by atoms with Gasteiger partial charge in [0.05, 0.1) is 0 Å². The summed E-state index contributed by atoms with van der Waals surface area (Å²) in [4.78, 5) is 28.1. The highest BCUT2D eigenvalue weighted by molar-refractivity contribution is 5.73. The summed E-state index contributed by atoms with van der Waals surface area (Å²) in [6.07, 6.45) is 3.43. The Morgan fingerprint density at radius 1 is 1.31 bits per heavy atom. The van der Waals surface area contributed by atoms with Crippen molar-refractivity contribution in [3.63, 3.8) is 0 Å². The average Bonchev–Trinajstić information content (AvgIpc) is 2.67. The Labute approximate surface area is 152 Å². The Morgan fingerprint density at radius 3 is 2.77 bits per heavy atom. The SMILES string of the molecule is CC(=O)N1CCN(c2cc(CNc3nc(C#N)ncc3C)ccn2)CC1. The van der Waals surface area contributed by atoms with Crippen molar-refractivity contribution < 1.29 is 4.79 Å². The van der Waals surface area contributed by atoms with E-state index in [9.17, 15) is 4.79 Å². The van der Waals surface area contributed by atoms with Crippen LogP contribution in [0.4, 0.5) is 11.6 Å². The first kappa shape index (κ1) is 17.6. The second kappa shape index (κ2) is 7.78. The number of carbonyl (C=O) groups excluding carboxylic acids is 1. The summed E-state index contributed by atoms with van der Waals surface area (Å²) in [5, 5.41) is 12.2. The summed E-state index contributed by atoms with van der Waals surface area (Å²) in [5.74, 6) is 1.83. The minimum atomic E-state index is 0.118. The van der Waals surface area contributed by atoms with Crippen LogP contribution in [0, 0.1) is 18.3 Å². The molecule has 26 heavy (non-hydrogen) atoms. The molecule has 8 heteroatoms. The zero-order valence-corrected chi connectivity index (χ0v) is 14.9. The molecule has 2 aromatic heterocycles. The second-order valence-corrected chi connectivity index (χ2v) is 6.21. The van der Waals surface area contributed by atoms with Crippen molar-refractivity contribution in [2.75, 3.05) is 36.4 Å². The molecule has 3 heterocycles. The number of hydrogen-bond donors (Lipinski definition) is 1. The van der Waals surface area contributed by atoms with E-state index in [0.29, 0.717) is 12.4 Å². The first-order valence-electron chi connectivity index (χ1n) is 8.50. The van der Waals surface area contributed by atoms with Crippen molar-refractivity contribution >= 4 is 17.5 Å². The maximum absolute atomic E-state index is 11.4. The fourth-order valence-electron chi connectivity index (χ4n) is 2.85. The van der Waals surface area contributed by atoms with Gasteiger partial charge in [-0.3, -0.25) is 4.79 Å². The first-order chi connectivity index (χ1) is 12.6. The van der Waals surface area contributed by atoms with Gasteiger partial charge in [0.25, 0.3) is 0 Å². The number of nitrogens with zero attached hydrogens (tertiary/aromatic N) is 6. The highest BCUT2D eigenvalue weighted by Gasteiger charge is 2.19. The summed E-state index contributed by atoms with van der Waals surface area (Å²) in [7, 11) is 0. The lowest BCUT2D eigenvalue weighted by Crippen LogP contribution is -2.48. The third-order valence-electron chi connectivity index (χ3n) is 4.39. The Kier molecular flexibility index (Phi) is 5.27. The number of rotatable bonds is 4. The van der Waals surface area contributed by atoms with E-state index in [-0.39, 0.29) is 11.7 Å². The first-order valence-corrected chi connectivity index (χ1v) is 8.50. The molecule has 1 saturated heterocycles. The van der Waals surface area contributed by atoms with Gasteiger partial charge in [0.2, 0.25) is 11.7 Å². The normalized spacial score (nSPS) is 14.0. The molecule has 1 aliphatic heterocycles. The van der Waals surface area contributed by atoms with Crippen LogP contribution in [-0.2, 0) is 11.3 Å². The third kappa shape index (κ3) is 4.06. The van der Waals surface area contributed by atoms with Crippen LogP contribution in [0.25, 0.3) is 0 Å². The van der Waals surface area contributed by atoms with Crippen molar-refractivity contribution in [1.82, 2.24) is 19.9 Å². The van der Waals surface area contributed by atoms with Gasteiger partial charge in [-0.15, -0.1) is 0 Å². The number of aromatic nitrogens is 3. The van der Waals surface area contributed by atoms with E-state index in [1.807, 2.05) is 30.0 Å². The van der Waals surface area contributed by atoms with E-state index >= 15 is 0 Å². The van der Waals surface area contributed by atoms with E-state index in [1.165, 1.54) is 0 Å². The Bertz CT molecular complexity index is 838. The van der Waals surface area contributed by atoms with E-state index in [4.69, 9.17) is 5.26 Å². The number of pyridine rings is 1. The van der Waals surface area contributed by atoms with Gasteiger partial charge in [0.1, 0.15) is 17.7 Å². The van der Waals surface area contributed by atoms with Crippen molar-refractivity contribution in [1.29, 1.82) is 5.26 Å². The number of anilines is 2. The maximum Gasteiger partial charge on any atom is 0.234 e. The largest absolute Gasteiger partial charge is 0.366 e. The van der Waals surface area contributed by atoms with Crippen molar-refractivity contribution in [2.45, 2.75) is 20.4 Å². The van der Waals surface area contributed by atoms with Gasteiger partial charge in [-0.05, 0) is 24.6 Å². The Morgan fingerprint density at radius 2 is 2.08 bits per heavy atom. The summed E-state index contributed by atoms with van der Waals surface area (Å²) in [6.45, 7) is 7.07. The molecule has 0 unspecified atom stereocenters. The van der Waals surface area contributed by atoms with E-state index in [0.717, 1.165) is 43.1 Å². The number of hydrogen-bond acceptors (Lipinski definition) is 7. The highest BCUT2D eigenvalue weighted by Crippen LogP contribution is 2.17. The van der Waals surface area contributed by atoms with Crippen LogP contribution in [0.15, 0.2) is 24.5 Å². The molecule has 1 aliphatic rings. The molecule has 0 radical (unpaired) electrons. The van der Waals surface area contributed by atoms with Crippen molar-refractivity contribution in [3.8, 4) is 6.07 Å². The molecule has 3 rings (SSSR count). The zero-order valence-electron chi connectivity index (χ0n) is 14.9. The molecule has 134 valence electrons. The predicted octanol–water partition coefficient (Wildman–Crippen LogP) is 1.33. The van der Waals surface area contributed by atoms with Crippen LogP contribution < -0.4 is 10.2 Å². The molecule has 0 spiro atoms. The Balaban J connectivity index is 1.65. The van der Waals surface area contributed by atoms with Gasteiger partial charge < -0.3 is 15.1 Å². The molecule has 1 amide bonds. The van der Waals surface area contributed by atoms with Crippen LogP contribution in [0.3, 0.4) is 0 Å². The summed E-state index contributed by atoms with van der Waals surface area (Å²) < 4.78 is 0. The summed E-state index contributed by atoms with van der Waals surface area (Å²) in [6, 6.07) is 5.94. The molecule has 0 bridgehead atoms. The van der Waals surface area contributed by atoms with Crippen LogP contribution in [0.1, 0.15) is 23.9 Å². The number of piperazine rings is 1. The monoisotopic (exact) mass is 351 g/mol. The average molecular weight is 351 g/mol. The number of aryl methyl sites for hydroxylation is 1. The molecular weight excluding hydrogens is 330 g/mol. The molecule has 2 aromatic rings. The number of nitriles is 1. The quantitative estimate of drug-likeness (QED) is 0.887. The minimum Gasteiger partial charge on any atom is -0.366 e. The van der Waals surface area contributed by atoms with E-state index < -0.39 is 0 Å². The van der Waals surface area contributed by atoms with Crippen LogP contribution in [-0.4, -0.2) is 51.9 Å². The maximum atomic E-state index is 11.4. The fourth-order valence-corrected chi connectivity index (χ4v) is 2.85. The topological polar surface area (TPSA) is 98.0 Å². The molecule has 0 aliphatic carbocycles. The van der Waals surface area contributed by atoms with Gasteiger partial charge in [-0.1, -0.05) is 0 Å². The molecule has 0 atom stereocenters. The van der Waals surface area contributed by atoms with Gasteiger partial charge in [-0.25, -0.2) is 15.0 Å². The van der Waals surface area contributed by atoms with Crippen LogP contribution >= 0.6 is 0 Å². The lowest BCUT2D eigenvalue weighted by atomic mass is 10.2. The molecule has 8 nitrogen and oxygen atoms in total. The lowest BCUT2D eigenvalue weighted by molar-refractivity contribution is -0.129. The van der Waals surface area contributed by atoms with Gasteiger partial charge >= 0.3 is 0 Å². The van der Waals surface area contributed by atoms with Crippen molar-refractivity contribution in [3.05, 3.63) is 41.5 Å². The number of carbonyl (C=O) groups is 1. The highest BCUT2D eigenvalue weighted by atomic mass is 16.2. The van der Waals surface area contributed by atoms with Gasteiger partial charge in [0, 0.05) is 57.6 Å². The molecule has 1 N–H and O–H groups in total. The Hall–Kier alpha value is -3.21. The van der Waals surface area contributed by atoms with E-state index in [2.05, 4.69) is 25.2 Å². The molecule has 0 saturated carbocycles. The standard InChI is InChI=1S/C18H21N7O/c1-13-11-21-16(10-19)23-18(13)22-12-15-3-4-20-17(9-15)25-7-5-24(6-8-25)14(2)26/h3-4,9,11H,5-8,12H2,1-2H3,(H,21,22,23). The van der Waals surface area contributed by atoms with Crippen LogP contribution in [0.2, 0.25) is 0 Å². The molecular formula is C18H21N7O. The number of amides is 1.